The monoisotopic (exact) mass is 204 g/mol. The first-order valence-corrected chi connectivity index (χ1v) is 5.84. The van der Waals surface area contributed by atoms with Gasteiger partial charge in [-0.3, -0.25) is 0 Å². The zero-order chi connectivity index (χ0) is 10.7. The van der Waals surface area contributed by atoms with Crippen LogP contribution in [0.5, 0.6) is 0 Å². The molecule has 2 rings (SSSR count). The third-order valence-corrected chi connectivity index (χ3v) is 3.31. The predicted molar refractivity (Wildman–Crippen MR) is 65.5 cm³/mol. The fourth-order valence-corrected chi connectivity index (χ4v) is 2.17. The lowest BCUT2D eigenvalue weighted by Crippen LogP contribution is -2.29. The van der Waals surface area contributed by atoms with E-state index in [4.69, 9.17) is 0 Å². The van der Waals surface area contributed by atoms with E-state index in [1.807, 2.05) is 7.05 Å². The number of benzene rings is 1. The van der Waals surface area contributed by atoms with Gasteiger partial charge in [-0.25, -0.2) is 0 Å². The van der Waals surface area contributed by atoms with Crippen LogP contribution in [-0.4, -0.2) is 26.2 Å². The number of rotatable bonds is 3. The fourth-order valence-electron chi connectivity index (χ4n) is 2.17. The summed E-state index contributed by atoms with van der Waals surface area (Å²) in [5, 5.41) is 3.34. The van der Waals surface area contributed by atoms with Gasteiger partial charge in [0.25, 0.3) is 0 Å². The molecule has 1 aromatic carbocycles. The molecule has 82 valence electrons. The Bertz CT molecular complexity index is 305. The van der Waals surface area contributed by atoms with Crippen molar-refractivity contribution in [2.45, 2.75) is 25.8 Å². The zero-order valence-corrected chi connectivity index (χ0v) is 9.66. The molecule has 1 aliphatic heterocycles. The molecular weight excluding hydrogens is 184 g/mol. The van der Waals surface area contributed by atoms with Gasteiger partial charge in [-0.15, -0.1) is 0 Å². The minimum Gasteiger partial charge on any atom is -0.370 e. The largest absolute Gasteiger partial charge is 0.370 e. The van der Waals surface area contributed by atoms with Gasteiger partial charge < -0.3 is 10.2 Å². The summed E-state index contributed by atoms with van der Waals surface area (Å²) in [7, 11) is 2.05. The zero-order valence-electron chi connectivity index (χ0n) is 9.66. The Morgan fingerprint density at radius 1 is 1.33 bits per heavy atom. The van der Waals surface area contributed by atoms with Crippen molar-refractivity contribution in [3.8, 4) is 0 Å². The predicted octanol–water partition coefficient (Wildman–Crippen LogP) is 2.05. The molecule has 1 saturated heterocycles. The van der Waals surface area contributed by atoms with Crippen LogP contribution in [0.15, 0.2) is 24.3 Å². The van der Waals surface area contributed by atoms with Crippen LogP contribution in [0.1, 0.15) is 18.9 Å². The van der Waals surface area contributed by atoms with Gasteiger partial charge in [0.15, 0.2) is 0 Å². The van der Waals surface area contributed by atoms with E-state index in [0.29, 0.717) is 6.04 Å². The van der Waals surface area contributed by atoms with Crippen molar-refractivity contribution in [2.75, 3.05) is 25.0 Å². The number of hydrogen-bond acceptors (Lipinski definition) is 2. The standard InChI is InChI=1S/C13H20N2/c1-3-11-4-6-13(7-5-11)15-9-8-12(10-15)14-2/h4-7,12,14H,3,8-10H2,1-2H3/t12-/m0/s1. The van der Waals surface area contributed by atoms with Crippen molar-refractivity contribution in [2.24, 2.45) is 0 Å². The van der Waals surface area contributed by atoms with Crippen LogP contribution >= 0.6 is 0 Å². The van der Waals surface area contributed by atoms with Crippen molar-refractivity contribution in [1.82, 2.24) is 5.32 Å². The van der Waals surface area contributed by atoms with Gasteiger partial charge in [0.05, 0.1) is 0 Å². The van der Waals surface area contributed by atoms with Crippen LogP contribution in [0, 0.1) is 0 Å². The molecule has 1 heterocycles. The Morgan fingerprint density at radius 3 is 2.60 bits per heavy atom. The molecule has 1 fully saturated rings. The lowest BCUT2D eigenvalue weighted by molar-refractivity contribution is 0.617. The Balaban J connectivity index is 2.04. The molecule has 0 bridgehead atoms. The molecule has 2 heteroatoms. The quantitative estimate of drug-likeness (QED) is 0.810. The van der Waals surface area contributed by atoms with Gasteiger partial charge in [0.2, 0.25) is 0 Å². The first-order valence-electron chi connectivity index (χ1n) is 5.84. The van der Waals surface area contributed by atoms with Crippen molar-refractivity contribution in [3.05, 3.63) is 29.8 Å². The van der Waals surface area contributed by atoms with Gasteiger partial charge >= 0.3 is 0 Å². The third-order valence-electron chi connectivity index (χ3n) is 3.31. The molecule has 0 aliphatic carbocycles. The van der Waals surface area contributed by atoms with Crippen LogP contribution in [-0.2, 0) is 6.42 Å². The SMILES string of the molecule is CCc1ccc(N2CC[C@H](NC)C2)cc1. The number of nitrogens with zero attached hydrogens (tertiary/aromatic N) is 1. The van der Waals surface area contributed by atoms with E-state index in [2.05, 4.69) is 41.4 Å². The normalized spacial score (nSPS) is 20.9. The molecule has 1 N–H and O–H groups in total. The van der Waals surface area contributed by atoms with Gasteiger partial charge in [0, 0.05) is 24.8 Å². The second-order valence-corrected chi connectivity index (χ2v) is 4.24. The van der Waals surface area contributed by atoms with Crippen LogP contribution in [0.4, 0.5) is 5.69 Å². The van der Waals surface area contributed by atoms with E-state index >= 15 is 0 Å². The van der Waals surface area contributed by atoms with Crippen LogP contribution in [0.2, 0.25) is 0 Å². The molecule has 1 atom stereocenters. The number of likely N-dealkylation sites (N-methyl/N-ethyl adjacent to an activating group) is 1. The molecule has 1 aliphatic rings. The van der Waals surface area contributed by atoms with E-state index in [1.54, 1.807) is 0 Å². The summed E-state index contributed by atoms with van der Waals surface area (Å²) in [6.07, 6.45) is 2.38. The Labute approximate surface area is 92.3 Å². The minimum absolute atomic E-state index is 0.663. The Kier molecular flexibility index (Phi) is 3.27. The molecule has 2 nitrogen and oxygen atoms in total. The highest BCUT2D eigenvalue weighted by Gasteiger charge is 2.20. The fraction of sp³-hybridized carbons (Fsp3) is 0.538. The second kappa shape index (κ2) is 4.67. The summed E-state index contributed by atoms with van der Waals surface area (Å²) < 4.78 is 0. The van der Waals surface area contributed by atoms with Gasteiger partial charge in [-0.1, -0.05) is 19.1 Å². The summed E-state index contributed by atoms with van der Waals surface area (Å²) in [6, 6.07) is 9.63. The third kappa shape index (κ3) is 2.32. The number of anilines is 1. The lowest BCUT2D eigenvalue weighted by Gasteiger charge is -2.18. The maximum Gasteiger partial charge on any atom is 0.0366 e. The average Bonchev–Trinajstić information content (AvgIpc) is 2.78. The summed E-state index contributed by atoms with van der Waals surface area (Å²) in [5.74, 6) is 0. The first-order chi connectivity index (χ1) is 7.33. The number of aryl methyl sites for hydroxylation is 1. The van der Waals surface area contributed by atoms with Crippen molar-refractivity contribution < 1.29 is 0 Å². The number of hydrogen-bond donors (Lipinski definition) is 1. The summed E-state index contributed by atoms with van der Waals surface area (Å²) in [4.78, 5) is 2.46. The first kappa shape index (κ1) is 10.5. The van der Waals surface area contributed by atoms with Crippen LogP contribution < -0.4 is 10.2 Å². The van der Waals surface area contributed by atoms with Gasteiger partial charge in [-0.2, -0.15) is 0 Å². The highest BCUT2D eigenvalue weighted by Crippen LogP contribution is 2.20. The second-order valence-electron chi connectivity index (χ2n) is 4.24. The lowest BCUT2D eigenvalue weighted by atomic mass is 10.1. The molecular formula is C13H20N2. The maximum atomic E-state index is 3.34. The van der Waals surface area contributed by atoms with E-state index in [9.17, 15) is 0 Å². The van der Waals surface area contributed by atoms with Crippen molar-refractivity contribution in [3.63, 3.8) is 0 Å². The average molecular weight is 204 g/mol. The molecule has 0 radical (unpaired) electrons. The molecule has 0 aromatic heterocycles. The smallest absolute Gasteiger partial charge is 0.0366 e. The van der Waals surface area contributed by atoms with E-state index in [1.165, 1.54) is 24.2 Å². The van der Waals surface area contributed by atoms with Crippen molar-refractivity contribution in [1.29, 1.82) is 0 Å². The van der Waals surface area contributed by atoms with Crippen LogP contribution in [0.25, 0.3) is 0 Å². The van der Waals surface area contributed by atoms with E-state index in [-0.39, 0.29) is 0 Å². The van der Waals surface area contributed by atoms with Gasteiger partial charge in [-0.05, 0) is 37.6 Å². The van der Waals surface area contributed by atoms with E-state index < -0.39 is 0 Å². The highest BCUT2D eigenvalue weighted by molar-refractivity contribution is 5.48. The highest BCUT2D eigenvalue weighted by atomic mass is 15.2. The molecule has 0 unspecified atom stereocenters. The molecule has 0 saturated carbocycles. The minimum atomic E-state index is 0.663. The topological polar surface area (TPSA) is 15.3 Å². The summed E-state index contributed by atoms with van der Waals surface area (Å²) in [5.41, 5.74) is 2.79. The Morgan fingerprint density at radius 2 is 2.07 bits per heavy atom. The Hall–Kier alpha value is -1.02. The van der Waals surface area contributed by atoms with Crippen LogP contribution in [0.3, 0.4) is 0 Å². The van der Waals surface area contributed by atoms with Crippen molar-refractivity contribution >= 4 is 5.69 Å². The summed E-state index contributed by atoms with van der Waals surface area (Å²) in [6.45, 7) is 4.51. The molecule has 0 spiro atoms. The van der Waals surface area contributed by atoms with E-state index in [0.717, 1.165) is 13.0 Å². The van der Waals surface area contributed by atoms with Gasteiger partial charge in [0.1, 0.15) is 0 Å². The molecule has 15 heavy (non-hydrogen) atoms. The number of nitrogens with one attached hydrogen (secondary N) is 1. The maximum absolute atomic E-state index is 3.34. The molecule has 0 amide bonds. The molecule has 1 aromatic rings. The summed E-state index contributed by atoms with van der Waals surface area (Å²) >= 11 is 0.